The van der Waals surface area contributed by atoms with Crippen molar-refractivity contribution in [2.24, 2.45) is 0 Å². The third-order valence-corrected chi connectivity index (χ3v) is 3.97. The molecule has 19 heavy (non-hydrogen) atoms. The van der Waals surface area contributed by atoms with Crippen molar-refractivity contribution in [2.45, 2.75) is 37.4 Å². The molecule has 1 fully saturated rings. The maximum Gasteiger partial charge on any atom is 0.161 e. The van der Waals surface area contributed by atoms with Gasteiger partial charge >= 0.3 is 0 Å². The van der Waals surface area contributed by atoms with Crippen LogP contribution in [0.4, 0.5) is 0 Å². The summed E-state index contributed by atoms with van der Waals surface area (Å²) in [5.74, 6) is 1.30. The van der Waals surface area contributed by atoms with E-state index in [1.807, 2.05) is 18.2 Å². The van der Waals surface area contributed by atoms with Crippen LogP contribution in [-0.4, -0.2) is 32.5 Å². The van der Waals surface area contributed by atoms with Crippen LogP contribution in [0.2, 0.25) is 0 Å². The number of rotatable bonds is 4. The fourth-order valence-corrected chi connectivity index (χ4v) is 2.87. The Hall–Kier alpha value is -1.26. The standard InChI is InChI=1S/C15H22O4/c1-17-12-8-7-11(10-13(12)18-2)15(16)9-5-4-6-14(15)19-3/h7-8,10,14,16H,4-6,9H2,1-3H3. The molecule has 1 aliphatic carbocycles. The summed E-state index contributed by atoms with van der Waals surface area (Å²) in [6, 6.07) is 5.56. The maximum absolute atomic E-state index is 11.0. The van der Waals surface area contributed by atoms with Gasteiger partial charge in [-0.3, -0.25) is 0 Å². The molecule has 0 amide bonds. The van der Waals surface area contributed by atoms with Crippen molar-refractivity contribution in [1.29, 1.82) is 0 Å². The average Bonchev–Trinajstić information content (AvgIpc) is 2.46. The molecule has 0 aromatic heterocycles. The Morgan fingerprint density at radius 3 is 2.47 bits per heavy atom. The Kier molecular flexibility index (Phi) is 4.32. The van der Waals surface area contributed by atoms with Gasteiger partial charge in [0.25, 0.3) is 0 Å². The van der Waals surface area contributed by atoms with Gasteiger partial charge in [0.2, 0.25) is 0 Å². The van der Waals surface area contributed by atoms with Gasteiger partial charge in [-0.25, -0.2) is 0 Å². The number of aliphatic hydroxyl groups is 1. The fraction of sp³-hybridized carbons (Fsp3) is 0.600. The molecule has 2 atom stereocenters. The SMILES string of the molecule is COc1ccc(C2(O)CCCCC2OC)cc1OC. The highest BCUT2D eigenvalue weighted by Gasteiger charge is 2.41. The van der Waals surface area contributed by atoms with Crippen LogP contribution in [0.25, 0.3) is 0 Å². The number of hydrogen-bond donors (Lipinski definition) is 1. The van der Waals surface area contributed by atoms with E-state index in [4.69, 9.17) is 14.2 Å². The van der Waals surface area contributed by atoms with Crippen LogP contribution >= 0.6 is 0 Å². The van der Waals surface area contributed by atoms with E-state index in [-0.39, 0.29) is 6.10 Å². The Bertz CT molecular complexity index is 432. The maximum atomic E-state index is 11.0. The summed E-state index contributed by atoms with van der Waals surface area (Å²) in [5.41, 5.74) is -0.108. The molecule has 0 heterocycles. The molecule has 4 heteroatoms. The summed E-state index contributed by atoms with van der Waals surface area (Å²) in [4.78, 5) is 0. The van der Waals surface area contributed by atoms with Crippen molar-refractivity contribution in [3.8, 4) is 11.5 Å². The van der Waals surface area contributed by atoms with Crippen LogP contribution in [0.3, 0.4) is 0 Å². The minimum atomic E-state index is -0.938. The van der Waals surface area contributed by atoms with Gasteiger partial charge in [0.05, 0.1) is 20.3 Å². The lowest BCUT2D eigenvalue weighted by Gasteiger charge is -2.39. The Morgan fingerprint density at radius 1 is 1.11 bits per heavy atom. The fourth-order valence-electron chi connectivity index (χ4n) is 2.87. The molecule has 0 spiro atoms. The smallest absolute Gasteiger partial charge is 0.161 e. The molecule has 0 radical (unpaired) electrons. The average molecular weight is 266 g/mol. The molecule has 4 nitrogen and oxygen atoms in total. The Labute approximate surface area is 114 Å². The predicted octanol–water partition coefficient (Wildman–Crippen LogP) is 2.48. The van der Waals surface area contributed by atoms with Gasteiger partial charge in [0.15, 0.2) is 11.5 Å². The van der Waals surface area contributed by atoms with Gasteiger partial charge in [0.1, 0.15) is 5.60 Å². The van der Waals surface area contributed by atoms with Crippen LogP contribution in [0.1, 0.15) is 31.2 Å². The minimum absolute atomic E-state index is 0.167. The topological polar surface area (TPSA) is 47.9 Å². The van der Waals surface area contributed by atoms with Crippen molar-refractivity contribution in [3.05, 3.63) is 23.8 Å². The van der Waals surface area contributed by atoms with Crippen molar-refractivity contribution >= 4 is 0 Å². The first-order chi connectivity index (χ1) is 9.15. The van der Waals surface area contributed by atoms with Gasteiger partial charge in [-0.1, -0.05) is 18.9 Å². The van der Waals surface area contributed by atoms with E-state index >= 15 is 0 Å². The van der Waals surface area contributed by atoms with Crippen molar-refractivity contribution in [1.82, 2.24) is 0 Å². The lowest BCUT2D eigenvalue weighted by Crippen LogP contribution is -2.43. The van der Waals surface area contributed by atoms with Gasteiger partial charge in [0, 0.05) is 7.11 Å². The molecular weight excluding hydrogens is 244 g/mol. The van der Waals surface area contributed by atoms with E-state index in [1.54, 1.807) is 21.3 Å². The highest BCUT2D eigenvalue weighted by atomic mass is 16.5. The molecule has 1 aliphatic rings. The molecule has 1 aromatic rings. The van der Waals surface area contributed by atoms with E-state index < -0.39 is 5.60 Å². The van der Waals surface area contributed by atoms with Gasteiger partial charge < -0.3 is 19.3 Å². The van der Waals surface area contributed by atoms with Crippen LogP contribution in [0.15, 0.2) is 18.2 Å². The van der Waals surface area contributed by atoms with E-state index in [9.17, 15) is 5.11 Å². The Morgan fingerprint density at radius 2 is 1.84 bits per heavy atom. The zero-order chi connectivity index (χ0) is 13.9. The summed E-state index contributed by atoms with van der Waals surface area (Å²) < 4.78 is 16.0. The second-order valence-corrected chi connectivity index (χ2v) is 4.96. The largest absolute Gasteiger partial charge is 0.493 e. The van der Waals surface area contributed by atoms with Crippen LogP contribution < -0.4 is 9.47 Å². The quantitative estimate of drug-likeness (QED) is 0.909. The highest BCUT2D eigenvalue weighted by molar-refractivity contribution is 5.45. The van der Waals surface area contributed by atoms with Crippen LogP contribution in [0.5, 0.6) is 11.5 Å². The zero-order valence-electron chi connectivity index (χ0n) is 11.8. The number of ether oxygens (including phenoxy) is 3. The monoisotopic (exact) mass is 266 g/mol. The van der Waals surface area contributed by atoms with Crippen molar-refractivity contribution < 1.29 is 19.3 Å². The molecule has 106 valence electrons. The molecule has 0 bridgehead atoms. The van der Waals surface area contributed by atoms with Crippen LogP contribution in [-0.2, 0) is 10.3 Å². The summed E-state index contributed by atoms with van der Waals surface area (Å²) in [6.45, 7) is 0. The van der Waals surface area contributed by atoms with Crippen molar-refractivity contribution in [2.75, 3.05) is 21.3 Å². The van der Waals surface area contributed by atoms with Gasteiger partial charge in [-0.05, 0) is 30.5 Å². The normalized spacial score (nSPS) is 27.1. The minimum Gasteiger partial charge on any atom is -0.493 e. The summed E-state index contributed by atoms with van der Waals surface area (Å²) in [5, 5.41) is 11.0. The molecule has 0 aliphatic heterocycles. The molecular formula is C15H22O4. The van der Waals surface area contributed by atoms with E-state index in [0.717, 1.165) is 24.8 Å². The highest BCUT2D eigenvalue weighted by Crippen LogP contribution is 2.41. The molecule has 1 saturated carbocycles. The van der Waals surface area contributed by atoms with E-state index in [2.05, 4.69) is 0 Å². The van der Waals surface area contributed by atoms with Gasteiger partial charge in [-0.2, -0.15) is 0 Å². The Balaban J connectivity index is 2.38. The molecule has 0 saturated heterocycles. The number of benzene rings is 1. The number of hydrogen-bond acceptors (Lipinski definition) is 4. The predicted molar refractivity (Wildman–Crippen MR) is 72.7 cm³/mol. The third kappa shape index (κ3) is 2.55. The van der Waals surface area contributed by atoms with Crippen LogP contribution in [0, 0.1) is 0 Å². The lowest BCUT2D eigenvalue weighted by atomic mass is 9.77. The first-order valence-electron chi connectivity index (χ1n) is 6.63. The summed E-state index contributed by atoms with van der Waals surface area (Å²) >= 11 is 0. The first kappa shape index (κ1) is 14.2. The molecule has 2 unspecified atom stereocenters. The first-order valence-corrected chi connectivity index (χ1v) is 6.63. The van der Waals surface area contributed by atoms with E-state index in [1.165, 1.54) is 0 Å². The second-order valence-electron chi connectivity index (χ2n) is 4.96. The molecule has 1 aromatic carbocycles. The second kappa shape index (κ2) is 5.80. The number of methoxy groups -OCH3 is 3. The summed E-state index contributed by atoms with van der Waals surface area (Å²) in [6.07, 6.45) is 3.51. The molecule has 1 N–H and O–H groups in total. The molecule has 2 rings (SSSR count). The summed E-state index contributed by atoms with van der Waals surface area (Å²) in [7, 11) is 4.85. The lowest BCUT2D eigenvalue weighted by molar-refractivity contribution is -0.122. The van der Waals surface area contributed by atoms with E-state index in [0.29, 0.717) is 17.9 Å². The van der Waals surface area contributed by atoms with Gasteiger partial charge in [-0.15, -0.1) is 0 Å². The third-order valence-electron chi connectivity index (χ3n) is 3.97. The van der Waals surface area contributed by atoms with Crippen molar-refractivity contribution in [3.63, 3.8) is 0 Å². The zero-order valence-corrected chi connectivity index (χ0v) is 11.8.